The highest BCUT2D eigenvalue weighted by atomic mass is 16.6. The van der Waals surface area contributed by atoms with Crippen LogP contribution in [-0.4, -0.2) is 18.0 Å². The van der Waals surface area contributed by atoms with E-state index in [-0.39, 0.29) is 6.04 Å². The number of hydrogen-bond acceptors (Lipinski definition) is 3. The van der Waals surface area contributed by atoms with Crippen LogP contribution >= 0.6 is 0 Å². The Morgan fingerprint density at radius 2 is 1.76 bits per heavy atom. The Balaban J connectivity index is 2.12. The van der Waals surface area contributed by atoms with Crippen LogP contribution < -0.4 is 15.8 Å². The molecule has 2 aromatic carbocycles. The Bertz CT molecular complexity index is 743. The quantitative estimate of drug-likeness (QED) is 0.795. The molecule has 2 aromatic rings. The van der Waals surface area contributed by atoms with Crippen LogP contribution in [-0.2, 0) is 0 Å². The number of nitrogens with two attached hydrogens (primary N) is 1. The number of primary amides is 1. The Morgan fingerprint density at radius 1 is 1.08 bits per heavy atom. The van der Waals surface area contributed by atoms with Crippen LogP contribution in [0.25, 0.3) is 11.1 Å². The van der Waals surface area contributed by atoms with Gasteiger partial charge in [0.05, 0.1) is 0 Å². The molecule has 25 heavy (non-hydrogen) atoms. The highest BCUT2D eigenvalue weighted by Gasteiger charge is 2.12. The van der Waals surface area contributed by atoms with Crippen molar-refractivity contribution in [2.45, 2.75) is 39.2 Å². The molecule has 132 valence electrons. The summed E-state index contributed by atoms with van der Waals surface area (Å²) in [5.41, 5.74) is 7.44. The van der Waals surface area contributed by atoms with E-state index in [1.807, 2.05) is 19.1 Å². The summed E-state index contributed by atoms with van der Waals surface area (Å²) in [6.07, 6.45) is 2.34. The van der Waals surface area contributed by atoms with Gasteiger partial charge in [-0.15, -0.1) is 0 Å². The minimum atomic E-state index is -0.477. The maximum absolute atomic E-state index is 12.1. The normalized spacial score (nSPS) is 11.6. The van der Waals surface area contributed by atoms with Crippen molar-refractivity contribution in [3.05, 3.63) is 54.1 Å². The average Bonchev–Trinajstić information content (AvgIpc) is 2.61. The van der Waals surface area contributed by atoms with Gasteiger partial charge < -0.3 is 15.8 Å². The average molecular weight is 340 g/mol. The van der Waals surface area contributed by atoms with Gasteiger partial charge >= 0.3 is 6.09 Å². The van der Waals surface area contributed by atoms with Crippen molar-refractivity contribution in [3.63, 3.8) is 0 Å². The van der Waals surface area contributed by atoms with Crippen LogP contribution in [0.3, 0.4) is 0 Å². The van der Waals surface area contributed by atoms with Crippen LogP contribution in [0.1, 0.15) is 43.5 Å². The Kier molecular flexibility index (Phi) is 6.57. The largest absolute Gasteiger partial charge is 0.412 e. The molecule has 3 N–H and O–H groups in total. The standard InChI is InChI=1S/C20H24N2O3/c1-3-7-17(4-2)22-20(24)25-18-11-6-9-15(13-18)14-8-5-10-16(12-14)19(21)23/h5-6,8-13,17H,3-4,7H2,1-2H3,(H2,21,23)(H,22,24). The highest BCUT2D eigenvalue weighted by molar-refractivity contribution is 5.94. The van der Waals surface area contributed by atoms with Crippen LogP contribution in [0.4, 0.5) is 4.79 Å². The van der Waals surface area contributed by atoms with Gasteiger partial charge in [-0.3, -0.25) is 4.79 Å². The smallest absolute Gasteiger partial charge is 0.410 e. The molecule has 1 unspecified atom stereocenters. The predicted molar refractivity (Wildman–Crippen MR) is 98.5 cm³/mol. The monoisotopic (exact) mass is 340 g/mol. The molecule has 0 aliphatic carbocycles. The number of ether oxygens (including phenoxy) is 1. The van der Waals surface area contributed by atoms with E-state index in [4.69, 9.17) is 10.5 Å². The molecule has 0 spiro atoms. The van der Waals surface area contributed by atoms with Gasteiger partial charge in [0.2, 0.25) is 5.91 Å². The second-order valence-electron chi connectivity index (χ2n) is 5.90. The second-order valence-corrected chi connectivity index (χ2v) is 5.90. The molecule has 5 nitrogen and oxygen atoms in total. The molecule has 0 radical (unpaired) electrons. The van der Waals surface area contributed by atoms with Crippen molar-refractivity contribution in [2.75, 3.05) is 0 Å². The fourth-order valence-electron chi connectivity index (χ4n) is 2.62. The molecule has 0 aliphatic rings. The van der Waals surface area contributed by atoms with Gasteiger partial charge in [-0.2, -0.15) is 0 Å². The molecule has 0 saturated heterocycles. The van der Waals surface area contributed by atoms with Gasteiger partial charge in [0.15, 0.2) is 0 Å². The van der Waals surface area contributed by atoms with Crippen molar-refractivity contribution in [2.24, 2.45) is 5.73 Å². The van der Waals surface area contributed by atoms with E-state index < -0.39 is 12.0 Å². The van der Waals surface area contributed by atoms with Gasteiger partial charge in [0.25, 0.3) is 0 Å². The molecule has 0 heterocycles. The maximum atomic E-state index is 12.1. The summed E-state index contributed by atoms with van der Waals surface area (Å²) >= 11 is 0. The summed E-state index contributed by atoms with van der Waals surface area (Å²) in [7, 11) is 0. The van der Waals surface area contributed by atoms with Gasteiger partial charge in [0, 0.05) is 11.6 Å². The number of carbonyl (C=O) groups excluding carboxylic acids is 2. The van der Waals surface area contributed by atoms with E-state index in [0.29, 0.717) is 11.3 Å². The first-order valence-electron chi connectivity index (χ1n) is 8.52. The van der Waals surface area contributed by atoms with Gasteiger partial charge in [-0.25, -0.2) is 4.79 Å². The Labute approximate surface area is 148 Å². The number of hydrogen-bond donors (Lipinski definition) is 2. The second kappa shape index (κ2) is 8.87. The minimum Gasteiger partial charge on any atom is -0.410 e. The minimum absolute atomic E-state index is 0.118. The first-order chi connectivity index (χ1) is 12.0. The summed E-state index contributed by atoms with van der Waals surface area (Å²) in [6.45, 7) is 4.12. The topological polar surface area (TPSA) is 81.4 Å². The van der Waals surface area contributed by atoms with E-state index in [1.165, 1.54) is 0 Å². The molecule has 2 rings (SSSR count). The molecule has 0 aromatic heterocycles. The van der Waals surface area contributed by atoms with Gasteiger partial charge in [-0.05, 0) is 48.2 Å². The van der Waals surface area contributed by atoms with E-state index in [1.54, 1.807) is 36.4 Å². The maximum Gasteiger partial charge on any atom is 0.412 e. The van der Waals surface area contributed by atoms with Gasteiger partial charge in [0.1, 0.15) is 5.75 Å². The van der Waals surface area contributed by atoms with E-state index in [9.17, 15) is 9.59 Å². The van der Waals surface area contributed by atoms with Crippen LogP contribution in [0.15, 0.2) is 48.5 Å². The highest BCUT2D eigenvalue weighted by Crippen LogP contribution is 2.24. The number of carbonyl (C=O) groups is 2. The number of rotatable bonds is 7. The lowest BCUT2D eigenvalue weighted by Crippen LogP contribution is -2.36. The lowest BCUT2D eigenvalue weighted by molar-refractivity contribution is 0.1000. The van der Waals surface area contributed by atoms with Crippen LogP contribution in [0.2, 0.25) is 0 Å². The lowest BCUT2D eigenvalue weighted by Gasteiger charge is -2.16. The van der Waals surface area contributed by atoms with Crippen molar-refractivity contribution in [3.8, 4) is 16.9 Å². The summed E-state index contributed by atoms with van der Waals surface area (Å²) < 4.78 is 5.39. The molecule has 0 bridgehead atoms. The third-order valence-corrected chi connectivity index (χ3v) is 3.98. The summed E-state index contributed by atoms with van der Waals surface area (Å²) in [6, 6.07) is 14.3. The Hall–Kier alpha value is -2.82. The van der Waals surface area contributed by atoms with Crippen molar-refractivity contribution in [1.29, 1.82) is 0 Å². The Morgan fingerprint density at radius 3 is 2.40 bits per heavy atom. The fourth-order valence-corrected chi connectivity index (χ4v) is 2.62. The third kappa shape index (κ3) is 5.35. The molecular weight excluding hydrogens is 316 g/mol. The molecule has 5 heteroatoms. The predicted octanol–water partition coefficient (Wildman–Crippen LogP) is 4.12. The SMILES string of the molecule is CCCC(CC)NC(=O)Oc1cccc(-c2cccc(C(N)=O)c2)c1. The number of benzene rings is 2. The molecular formula is C20H24N2O3. The van der Waals surface area contributed by atoms with Crippen molar-refractivity contribution < 1.29 is 14.3 Å². The van der Waals surface area contributed by atoms with Crippen LogP contribution in [0, 0.1) is 0 Å². The number of amides is 2. The van der Waals surface area contributed by atoms with Crippen molar-refractivity contribution >= 4 is 12.0 Å². The van der Waals surface area contributed by atoms with Crippen molar-refractivity contribution in [1.82, 2.24) is 5.32 Å². The zero-order chi connectivity index (χ0) is 18.2. The van der Waals surface area contributed by atoms with Gasteiger partial charge in [-0.1, -0.05) is 44.5 Å². The molecule has 1 atom stereocenters. The summed E-state index contributed by atoms with van der Waals surface area (Å²) in [5, 5.41) is 2.88. The third-order valence-electron chi connectivity index (χ3n) is 3.98. The zero-order valence-corrected chi connectivity index (χ0v) is 14.6. The fraction of sp³-hybridized carbons (Fsp3) is 0.300. The first-order valence-corrected chi connectivity index (χ1v) is 8.52. The molecule has 2 amide bonds. The van der Waals surface area contributed by atoms with E-state index in [2.05, 4.69) is 12.2 Å². The summed E-state index contributed by atoms with van der Waals surface area (Å²) in [5.74, 6) is -0.0269. The van der Waals surface area contributed by atoms with Crippen LogP contribution in [0.5, 0.6) is 5.75 Å². The van der Waals surface area contributed by atoms with E-state index in [0.717, 1.165) is 30.4 Å². The molecule has 0 saturated carbocycles. The zero-order valence-electron chi connectivity index (χ0n) is 14.6. The summed E-state index contributed by atoms with van der Waals surface area (Å²) in [4.78, 5) is 23.4. The number of nitrogens with one attached hydrogen (secondary N) is 1. The lowest BCUT2D eigenvalue weighted by atomic mass is 10.0. The first kappa shape index (κ1) is 18.5. The molecule has 0 fully saturated rings. The molecule has 0 aliphatic heterocycles. The van der Waals surface area contributed by atoms with E-state index >= 15 is 0 Å².